The minimum atomic E-state index is -3.42. The minimum absolute atomic E-state index is 0.611. The molecule has 0 bridgehead atoms. The van der Waals surface area contributed by atoms with Crippen LogP contribution in [0.5, 0.6) is 0 Å². The van der Waals surface area contributed by atoms with E-state index < -0.39 is 10.2 Å². The van der Waals surface area contributed by atoms with Crippen LogP contribution in [0.3, 0.4) is 0 Å². The predicted molar refractivity (Wildman–Crippen MR) is 84.8 cm³/mol. The largest absolute Gasteiger partial charge is 0.301 e. The Kier molecular flexibility index (Phi) is 4.90. The average molecular weight is 445 g/mol. The van der Waals surface area contributed by atoms with Crippen LogP contribution in [0.4, 0.5) is 5.69 Å². The second kappa shape index (κ2) is 6.06. The molecule has 1 aromatic rings. The van der Waals surface area contributed by atoms with Crippen molar-refractivity contribution in [2.24, 2.45) is 0 Å². The van der Waals surface area contributed by atoms with E-state index >= 15 is 0 Å². The zero-order valence-corrected chi connectivity index (χ0v) is 14.3. The highest BCUT2D eigenvalue weighted by Gasteiger charge is 2.24. The van der Waals surface area contributed by atoms with Crippen molar-refractivity contribution in [1.29, 1.82) is 0 Å². The number of piperidine rings is 1. The third kappa shape index (κ3) is 3.58. The van der Waals surface area contributed by atoms with Crippen molar-refractivity contribution in [2.45, 2.75) is 19.3 Å². The summed E-state index contributed by atoms with van der Waals surface area (Å²) in [6.07, 6.45) is 2.99. The van der Waals surface area contributed by atoms with Crippen molar-refractivity contribution >= 4 is 54.4 Å². The molecular weight excluding hydrogens is 431 g/mol. The van der Waals surface area contributed by atoms with Gasteiger partial charge in [-0.2, -0.15) is 12.7 Å². The summed E-state index contributed by atoms with van der Waals surface area (Å²) in [5.41, 5.74) is 0.621. The fourth-order valence-corrected chi connectivity index (χ4v) is 4.21. The molecule has 1 aliphatic heterocycles. The van der Waals surface area contributed by atoms with Crippen LogP contribution in [-0.4, -0.2) is 25.8 Å². The van der Waals surface area contributed by atoms with Crippen LogP contribution in [0.2, 0.25) is 0 Å². The van der Waals surface area contributed by atoms with E-state index in [9.17, 15) is 8.42 Å². The molecule has 0 unspecified atom stereocenters. The van der Waals surface area contributed by atoms with Crippen LogP contribution in [0, 0.1) is 3.57 Å². The normalized spacial score (nSPS) is 17.7. The number of hydrogen-bond acceptors (Lipinski definition) is 2. The zero-order chi connectivity index (χ0) is 13.2. The monoisotopic (exact) mass is 444 g/mol. The Bertz CT molecular complexity index is 530. The summed E-state index contributed by atoms with van der Waals surface area (Å²) in [5, 5.41) is 0. The van der Waals surface area contributed by atoms with E-state index in [0.29, 0.717) is 18.8 Å². The molecule has 0 radical (unpaired) electrons. The fraction of sp³-hybridized carbons (Fsp3) is 0.455. The second-order valence-electron chi connectivity index (χ2n) is 4.19. The number of nitrogens with zero attached hydrogens (tertiary/aromatic N) is 1. The molecule has 1 heterocycles. The SMILES string of the molecule is O=S(=O)(Nc1cc(Br)ccc1I)N1CCCCC1. The van der Waals surface area contributed by atoms with Crippen molar-refractivity contribution in [3.8, 4) is 0 Å². The molecule has 0 spiro atoms. The summed E-state index contributed by atoms with van der Waals surface area (Å²) in [6, 6.07) is 5.54. The van der Waals surface area contributed by atoms with Crippen molar-refractivity contribution < 1.29 is 8.42 Å². The first kappa shape index (κ1) is 14.5. The van der Waals surface area contributed by atoms with E-state index in [1.165, 1.54) is 4.31 Å². The van der Waals surface area contributed by atoms with Gasteiger partial charge in [-0.1, -0.05) is 22.4 Å². The summed E-state index contributed by atoms with van der Waals surface area (Å²) >= 11 is 5.47. The average Bonchev–Trinajstić information content (AvgIpc) is 2.35. The van der Waals surface area contributed by atoms with Gasteiger partial charge in [0.1, 0.15) is 0 Å². The Labute approximate surface area is 130 Å². The molecule has 1 saturated heterocycles. The van der Waals surface area contributed by atoms with Crippen LogP contribution in [0.25, 0.3) is 0 Å². The second-order valence-corrected chi connectivity index (χ2v) is 7.94. The van der Waals surface area contributed by atoms with Crippen molar-refractivity contribution in [2.75, 3.05) is 17.8 Å². The standard InChI is InChI=1S/C11H14BrIN2O2S/c12-9-4-5-10(13)11(8-9)14-18(16,17)15-6-2-1-3-7-15/h4-5,8,14H,1-3,6-7H2. The first-order valence-corrected chi connectivity index (χ1v) is 9.03. The van der Waals surface area contributed by atoms with Crippen molar-refractivity contribution in [3.63, 3.8) is 0 Å². The minimum Gasteiger partial charge on any atom is -0.270 e. The van der Waals surface area contributed by atoms with Gasteiger partial charge in [0.25, 0.3) is 0 Å². The van der Waals surface area contributed by atoms with E-state index in [4.69, 9.17) is 0 Å². The van der Waals surface area contributed by atoms with E-state index in [1.807, 2.05) is 12.1 Å². The van der Waals surface area contributed by atoms with Crippen LogP contribution in [0.15, 0.2) is 22.7 Å². The van der Waals surface area contributed by atoms with Gasteiger partial charge < -0.3 is 0 Å². The molecule has 1 aliphatic rings. The summed E-state index contributed by atoms with van der Waals surface area (Å²) in [7, 11) is -3.42. The van der Waals surface area contributed by atoms with Crippen LogP contribution in [-0.2, 0) is 10.2 Å². The van der Waals surface area contributed by atoms with Crippen LogP contribution >= 0.6 is 38.5 Å². The Balaban J connectivity index is 2.18. The van der Waals surface area contributed by atoms with E-state index in [-0.39, 0.29) is 0 Å². The topological polar surface area (TPSA) is 49.4 Å². The zero-order valence-electron chi connectivity index (χ0n) is 9.70. The predicted octanol–water partition coefficient (Wildman–Crippen LogP) is 3.20. The molecular formula is C11H14BrIN2O2S. The Morgan fingerprint density at radius 2 is 1.89 bits per heavy atom. The fourth-order valence-electron chi connectivity index (χ4n) is 1.88. The molecule has 0 aromatic heterocycles. The summed E-state index contributed by atoms with van der Waals surface area (Å²) < 4.78 is 30.4. The Hall–Kier alpha value is 0.140. The maximum atomic E-state index is 12.2. The van der Waals surface area contributed by atoms with Gasteiger partial charge in [-0.25, -0.2) is 0 Å². The van der Waals surface area contributed by atoms with Crippen LogP contribution < -0.4 is 4.72 Å². The molecule has 18 heavy (non-hydrogen) atoms. The lowest BCUT2D eigenvalue weighted by Gasteiger charge is -2.26. The molecule has 4 nitrogen and oxygen atoms in total. The molecule has 2 rings (SSSR count). The molecule has 1 aromatic carbocycles. The Morgan fingerprint density at radius 1 is 1.22 bits per heavy atom. The van der Waals surface area contributed by atoms with Gasteiger partial charge in [-0.05, 0) is 53.6 Å². The summed E-state index contributed by atoms with van der Waals surface area (Å²) in [6.45, 7) is 1.22. The van der Waals surface area contributed by atoms with Gasteiger partial charge >= 0.3 is 10.2 Å². The lowest BCUT2D eigenvalue weighted by molar-refractivity contribution is 0.349. The molecule has 0 atom stereocenters. The van der Waals surface area contributed by atoms with Crippen molar-refractivity contribution in [1.82, 2.24) is 4.31 Å². The molecule has 7 heteroatoms. The summed E-state index contributed by atoms with van der Waals surface area (Å²) in [5.74, 6) is 0. The first-order valence-electron chi connectivity index (χ1n) is 5.72. The van der Waals surface area contributed by atoms with E-state index in [1.54, 1.807) is 6.07 Å². The lowest BCUT2D eigenvalue weighted by Crippen LogP contribution is -2.39. The van der Waals surface area contributed by atoms with Gasteiger partial charge in [-0.3, -0.25) is 4.72 Å². The number of anilines is 1. The quantitative estimate of drug-likeness (QED) is 0.727. The highest BCUT2D eigenvalue weighted by Crippen LogP contribution is 2.25. The maximum absolute atomic E-state index is 12.2. The highest BCUT2D eigenvalue weighted by atomic mass is 127. The van der Waals surface area contributed by atoms with E-state index in [0.717, 1.165) is 27.3 Å². The Morgan fingerprint density at radius 3 is 2.56 bits per heavy atom. The highest BCUT2D eigenvalue weighted by molar-refractivity contribution is 14.1. The van der Waals surface area contributed by atoms with E-state index in [2.05, 4.69) is 43.2 Å². The molecule has 1 N–H and O–H groups in total. The first-order chi connectivity index (χ1) is 8.49. The molecule has 0 aliphatic carbocycles. The van der Waals surface area contributed by atoms with Crippen molar-refractivity contribution in [3.05, 3.63) is 26.2 Å². The van der Waals surface area contributed by atoms with Gasteiger partial charge in [0.05, 0.1) is 5.69 Å². The smallest absolute Gasteiger partial charge is 0.270 e. The number of halogens is 2. The number of rotatable bonds is 3. The van der Waals surface area contributed by atoms with Crippen LogP contribution in [0.1, 0.15) is 19.3 Å². The summed E-state index contributed by atoms with van der Waals surface area (Å²) in [4.78, 5) is 0. The molecule has 100 valence electrons. The molecule has 0 amide bonds. The third-order valence-electron chi connectivity index (χ3n) is 2.82. The molecule has 0 saturated carbocycles. The lowest BCUT2D eigenvalue weighted by atomic mass is 10.2. The van der Waals surface area contributed by atoms with Gasteiger partial charge in [0, 0.05) is 21.1 Å². The van der Waals surface area contributed by atoms with Gasteiger partial charge in [0.2, 0.25) is 0 Å². The number of benzene rings is 1. The number of nitrogens with one attached hydrogen (secondary N) is 1. The molecule has 1 fully saturated rings. The number of hydrogen-bond donors (Lipinski definition) is 1. The van der Waals surface area contributed by atoms with Gasteiger partial charge in [0.15, 0.2) is 0 Å². The maximum Gasteiger partial charge on any atom is 0.301 e. The van der Waals surface area contributed by atoms with Gasteiger partial charge in [-0.15, -0.1) is 0 Å². The third-order valence-corrected chi connectivity index (χ3v) is 5.78.